The smallest absolute Gasteiger partial charge is 0.0594 e. The molecule has 0 aromatic heterocycles. The monoisotopic (exact) mass is 246 g/mol. The summed E-state index contributed by atoms with van der Waals surface area (Å²) in [7, 11) is 0. The summed E-state index contributed by atoms with van der Waals surface area (Å²) in [6.45, 7) is 7.22. The molecule has 3 heteroatoms. The van der Waals surface area contributed by atoms with Gasteiger partial charge >= 0.3 is 0 Å². The van der Waals surface area contributed by atoms with E-state index in [1.807, 2.05) is 0 Å². The van der Waals surface area contributed by atoms with Gasteiger partial charge in [0.25, 0.3) is 0 Å². The van der Waals surface area contributed by atoms with Crippen molar-refractivity contribution in [2.24, 2.45) is 0 Å². The molecule has 0 radical (unpaired) electrons. The molecule has 1 fully saturated rings. The molecule has 2 heterocycles. The number of fused-ring (bicyclic) bond motifs is 1. The molecule has 1 aromatic rings. The number of benzene rings is 1. The highest BCUT2D eigenvalue weighted by Crippen LogP contribution is 2.36. The van der Waals surface area contributed by atoms with E-state index >= 15 is 0 Å². The Kier molecular flexibility index (Phi) is 3.52. The normalized spacial score (nSPS) is 24.4. The van der Waals surface area contributed by atoms with Gasteiger partial charge in [0.1, 0.15) is 0 Å². The Morgan fingerprint density at radius 3 is 2.94 bits per heavy atom. The fraction of sp³-hybridized carbons (Fsp3) is 0.600. The Balaban J connectivity index is 1.91. The van der Waals surface area contributed by atoms with Crippen LogP contribution in [0.25, 0.3) is 0 Å². The fourth-order valence-electron chi connectivity index (χ4n) is 3.17. The third-order valence-electron chi connectivity index (χ3n) is 4.13. The SMILES string of the molecule is CCc1cccc2c1NCCC2N1CCOCC1. The van der Waals surface area contributed by atoms with Crippen molar-refractivity contribution in [1.29, 1.82) is 0 Å². The fourth-order valence-corrected chi connectivity index (χ4v) is 3.17. The first-order chi connectivity index (χ1) is 8.90. The van der Waals surface area contributed by atoms with Gasteiger partial charge in [0.2, 0.25) is 0 Å². The summed E-state index contributed by atoms with van der Waals surface area (Å²) in [5, 5.41) is 3.59. The molecular weight excluding hydrogens is 224 g/mol. The highest BCUT2D eigenvalue weighted by molar-refractivity contribution is 5.60. The van der Waals surface area contributed by atoms with Gasteiger partial charge in [-0.25, -0.2) is 0 Å². The standard InChI is InChI=1S/C15H22N2O/c1-2-12-4-3-5-13-14(6-7-16-15(12)13)17-8-10-18-11-9-17/h3-5,14,16H,2,6-11H2,1H3. The van der Waals surface area contributed by atoms with E-state index in [1.54, 1.807) is 0 Å². The molecular formula is C15H22N2O. The number of hydrogen-bond acceptors (Lipinski definition) is 3. The first-order valence-electron chi connectivity index (χ1n) is 7.07. The van der Waals surface area contributed by atoms with Crippen molar-refractivity contribution in [3.05, 3.63) is 29.3 Å². The van der Waals surface area contributed by atoms with Crippen molar-refractivity contribution in [2.75, 3.05) is 38.2 Å². The summed E-state index contributed by atoms with van der Waals surface area (Å²) in [6, 6.07) is 7.32. The lowest BCUT2D eigenvalue weighted by molar-refractivity contribution is 0.0144. The van der Waals surface area contributed by atoms with Crippen LogP contribution in [-0.2, 0) is 11.2 Å². The number of morpholine rings is 1. The maximum atomic E-state index is 5.47. The van der Waals surface area contributed by atoms with E-state index in [2.05, 4.69) is 35.3 Å². The van der Waals surface area contributed by atoms with Crippen LogP contribution in [0, 0.1) is 0 Å². The molecule has 1 N–H and O–H groups in total. The molecule has 2 aliphatic rings. The Hall–Kier alpha value is -1.06. The molecule has 0 bridgehead atoms. The minimum atomic E-state index is 0.580. The zero-order valence-corrected chi connectivity index (χ0v) is 11.1. The number of para-hydroxylation sites is 1. The number of ether oxygens (including phenoxy) is 1. The maximum absolute atomic E-state index is 5.47. The first kappa shape index (κ1) is 12.0. The van der Waals surface area contributed by atoms with Crippen LogP contribution in [0.3, 0.4) is 0 Å². The van der Waals surface area contributed by atoms with Crippen molar-refractivity contribution in [3.8, 4) is 0 Å². The highest BCUT2D eigenvalue weighted by atomic mass is 16.5. The van der Waals surface area contributed by atoms with E-state index in [-0.39, 0.29) is 0 Å². The molecule has 0 spiro atoms. The van der Waals surface area contributed by atoms with Crippen LogP contribution in [0.5, 0.6) is 0 Å². The third-order valence-corrected chi connectivity index (χ3v) is 4.13. The van der Waals surface area contributed by atoms with Gasteiger partial charge < -0.3 is 10.1 Å². The Bertz CT molecular complexity index is 413. The topological polar surface area (TPSA) is 24.5 Å². The van der Waals surface area contributed by atoms with Crippen LogP contribution < -0.4 is 5.32 Å². The molecule has 1 atom stereocenters. The van der Waals surface area contributed by atoms with Crippen molar-refractivity contribution in [3.63, 3.8) is 0 Å². The van der Waals surface area contributed by atoms with E-state index in [4.69, 9.17) is 4.74 Å². The molecule has 18 heavy (non-hydrogen) atoms. The van der Waals surface area contributed by atoms with Crippen molar-refractivity contribution in [2.45, 2.75) is 25.8 Å². The number of nitrogens with one attached hydrogen (secondary N) is 1. The predicted molar refractivity (Wildman–Crippen MR) is 74.1 cm³/mol. The molecule has 2 aliphatic heterocycles. The average molecular weight is 246 g/mol. The van der Waals surface area contributed by atoms with Crippen LogP contribution in [-0.4, -0.2) is 37.7 Å². The molecule has 1 unspecified atom stereocenters. The second-order valence-electron chi connectivity index (χ2n) is 5.11. The first-order valence-corrected chi connectivity index (χ1v) is 7.07. The molecule has 98 valence electrons. The van der Waals surface area contributed by atoms with E-state index in [1.165, 1.54) is 23.2 Å². The summed E-state index contributed by atoms with van der Waals surface area (Å²) < 4.78 is 5.47. The predicted octanol–water partition coefficient (Wildman–Crippen LogP) is 2.44. The lowest BCUT2D eigenvalue weighted by atomic mass is 9.92. The summed E-state index contributed by atoms with van der Waals surface area (Å²) in [5.41, 5.74) is 4.33. The maximum Gasteiger partial charge on any atom is 0.0594 e. The van der Waals surface area contributed by atoms with E-state index < -0.39 is 0 Å². The lowest BCUT2D eigenvalue weighted by Gasteiger charge is -2.38. The Morgan fingerprint density at radius 2 is 2.17 bits per heavy atom. The van der Waals surface area contributed by atoms with Crippen molar-refractivity contribution >= 4 is 5.69 Å². The van der Waals surface area contributed by atoms with E-state index in [0.29, 0.717) is 6.04 Å². The van der Waals surface area contributed by atoms with Gasteiger partial charge in [-0.05, 0) is 24.0 Å². The number of rotatable bonds is 2. The van der Waals surface area contributed by atoms with Crippen LogP contribution in [0.4, 0.5) is 5.69 Å². The minimum absolute atomic E-state index is 0.580. The number of aryl methyl sites for hydroxylation is 1. The van der Waals surface area contributed by atoms with Gasteiger partial charge in [-0.2, -0.15) is 0 Å². The van der Waals surface area contributed by atoms with Gasteiger partial charge in [-0.3, -0.25) is 4.90 Å². The molecule has 0 aliphatic carbocycles. The van der Waals surface area contributed by atoms with Gasteiger partial charge in [0, 0.05) is 31.4 Å². The van der Waals surface area contributed by atoms with E-state index in [9.17, 15) is 0 Å². The second-order valence-corrected chi connectivity index (χ2v) is 5.11. The Morgan fingerprint density at radius 1 is 1.33 bits per heavy atom. The lowest BCUT2D eigenvalue weighted by Crippen LogP contribution is -2.41. The molecule has 1 aromatic carbocycles. The van der Waals surface area contributed by atoms with Crippen molar-refractivity contribution in [1.82, 2.24) is 4.90 Å². The van der Waals surface area contributed by atoms with E-state index in [0.717, 1.165) is 39.3 Å². The van der Waals surface area contributed by atoms with Gasteiger partial charge in [0.05, 0.1) is 13.2 Å². The zero-order chi connectivity index (χ0) is 12.4. The van der Waals surface area contributed by atoms with Crippen LogP contribution in [0.15, 0.2) is 18.2 Å². The number of nitrogens with zero attached hydrogens (tertiary/aromatic N) is 1. The minimum Gasteiger partial charge on any atom is -0.384 e. The summed E-state index contributed by atoms with van der Waals surface area (Å²) in [4.78, 5) is 2.59. The number of anilines is 1. The molecule has 3 nitrogen and oxygen atoms in total. The number of hydrogen-bond donors (Lipinski definition) is 1. The second kappa shape index (κ2) is 5.29. The van der Waals surface area contributed by atoms with Crippen molar-refractivity contribution < 1.29 is 4.74 Å². The molecule has 1 saturated heterocycles. The van der Waals surface area contributed by atoms with Crippen LogP contribution >= 0.6 is 0 Å². The summed E-state index contributed by atoms with van der Waals surface area (Å²) >= 11 is 0. The molecule has 0 amide bonds. The quantitative estimate of drug-likeness (QED) is 0.867. The van der Waals surface area contributed by atoms with Crippen LogP contribution in [0.1, 0.15) is 30.5 Å². The average Bonchev–Trinajstić information content (AvgIpc) is 2.47. The summed E-state index contributed by atoms with van der Waals surface area (Å²) in [6.07, 6.45) is 2.31. The van der Waals surface area contributed by atoms with Gasteiger partial charge in [0.15, 0.2) is 0 Å². The molecule has 3 rings (SSSR count). The third kappa shape index (κ3) is 2.13. The van der Waals surface area contributed by atoms with Gasteiger partial charge in [-0.15, -0.1) is 0 Å². The Labute approximate surface area is 109 Å². The van der Waals surface area contributed by atoms with Crippen LogP contribution in [0.2, 0.25) is 0 Å². The zero-order valence-electron chi connectivity index (χ0n) is 11.1. The molecule has 0 saturated carbocycles. The highest BCUT2D eigenvalue weighted by Gasteiger charge is 2.27. The van der Waals surface area contributed by atoms with Gasteiger partial charge in [-0.1, -0.05) is 25.1 Å². The summed E-state index contributed by atoms with van der Waals surface area (Å²) in [5.74, 6) is 0. The largest absolute Gasteiger partial charge is 0.384 e.